The summed E-state index contributed by atoms with van der Waals surface area (Å²) < 4.78 is 0. The number of hydrogen-bond donors (Lipinski definition) is 2. The van der Waals surface area contributed by atoms with Crippen LogP contribution in [0.2, 0.25) is 5.02 Å². The molecule has 0 radical (unpaired) electrons. The summed E-state index contributed by atoms with van der Waals surface area (Å²) in [6.45, 7) is 14.0. The fraction of sp³-hybridized carbons (Fsp3) is 0.727. The van der Waals surface area contributed by atoms with Crippen molar-refractivity contribution in [1.82, 2.24) is 20.5 Å². The number of aromatic nitrogens is 1. The third-order valence-corrected chi connectivity index (χ3v) is 5.94. The predicted octanol–water partition coefficient (Wildman–Crippen LogP) is 3.85. The molecule has 0 amide bonds. The quantitative estimate of drug-likeness (QED) is 0.308. The van der Waals surface area contributed by atoms with Crippen LogP contribution in [0, 0.1) is 11.8 Å². The van der Waals surface area contributed by atoms with E-state index >= 15 is 0 Å². The van der Waals surface area contributed by atoms with E-state index in [9.17, 15) is 0 Å². The molecular weight excluding hydrogens is 511 g/mol. The molecule has 0 aromatic carbocycles. The van der Waals surface area contributed by atoms with Gasteiger partial charge in [-0.1, -0.05) is 25.4 Å². The average molecular weight is 549 g/mol. The van der Waals surface area contributed by atoms with Crippen molar-refractivity contribution in [2.45, 2.75) is 46.1 Å². The smallest absolute Gasteiger partial charge is 0.191 e. The second-order valence-corrected chi connectivity index (χ2v) is 9.17. The van der Waals surface area contributed by atoms with Crippen LogP contribution in [0.4, 0.5) is 5.82 Å². The Balaban J connectivity index is 0.00000320. The van der Waals surface area contributed by atoms with Gasteiger partial charge in [-0.3, -0.25) is 4.99 Å². The molecule has 6 nitrogen and oxygen atoms in total. The number of pyridine rings is 1. The zero-order chi connectivity index (χ0) is 20.6. The minimum absolute atomic E-state index is 0. The molecule has 0 saturated carbocycles. The van der Waals surface area contributed by atoms with Crippen molar-refractivity contribution in [2.24, 2.45) is 16.8 Å². The van der Waals surface area contributed by atoms with Crippen LogP contribution in [0.1, 0.15) is 40.0 Å². The highest BCUT2D eigenvalue weighted by atomic mass is 127. The van der Waals surface area contributed by atoms with Gasteiger partial charge in [0.05, 0.1) is 5.02 Å². The van der Waals surface area contributed by atoms with E-state index in [-0.39, 0.29) is 24.0 Å². The van der Waals surface area contributed by atoms with Crippen molar-refractivity contribution < 1.29 is 0 Å². The third-order valence-electron chi connectivity index (χ3n) is 5.65. The average Bonchev–Trinajstić information content (AvgIpc) is 3.15. The number of aliphatic imine (C=N–C) groups is 1. The second-order valence-electron chi connectivity index (χ2n) is 8.77. The Morgan fingerprint density at radius 3 is 2.87 bits per heavy atom. The van der Waals surface area contributed by atoms with E-state index in [0.29, 0.717) is 12.0 Å². The molecule has 2 aliphatic rings. The summed E-state index contributed by atoms with van der Waals surface area (Å²) in [5.74, 6) is 3.21. The van der Waals surface area contributed by atoms with E-state index in [2.05, 4.69) is 46.2 Å². The number of halogens is 2. The molecule has 2 atom stereocenters. The first kappa shape index (κ1) is 25.5. The molecule has 2 aliphatic heterocycles. The molecule has 1 aromatic rings. The van der Waals surface area contributed by atoms with E-state index in [0.717, 1.165) is 55.3 Å². The highest BCUT2D eigenvalue weighted by Gasteiger charge is 2.26. The van der Waals surface area contributed by atoms with Crippen molar-refractivity contribution in [3.8, 4) is 0 Å². The Bertz CT molecular complexity index is 671. The summed E-state index contributed by atoms with van der Waals surface area (Å²) in [7, 11) is 0. The highest BCUT2D eigenvalue weighted by molar-refractivity contribution is 14.0. The molecular formula is C22H38ClIN6. The second kappa shape index (κ2) is 12.9. The van der Waals surface area contributed by atoms with Gasteiger partial charge in [0.25, 0.3) is 0 Å². The van der Waals surface area contributed by atoms with E-state index in [1.54, 1.807) is 6.20 Å². The van der Waals surface area contributed by atoms with Crippen molar-refractivity contribution in [3.63, 3.8) is 0 Å². The number of guanidine groups is 1. The SMILES string of the molecule is CCNC(=NCC1CCCN(CC(C)C)C1)NC1CCN(c2ncccc2Cl)C1.I. The molecule has 2 unspecified atom stereocenters. The first-order valence-corrected chi connectivity index (χ1v) is 11.6. The summed E-state index contributed by atoms with van der Waals surface area (Å²) in [6, 6.07) is 4.14. The van der Waals surface area contributed by atoms with E-state index in [1.165, 1.54) is 32.5 Å². The van der Waals surface area contributed by atoms with Gasteiger partial charge >= 0.3 is 0 Å². The number of nitrogens with zero attached hydrogens (tertiary/aromatic N) is 4. The molecule has 1 aromatic heterocycles. The van der Waals surface area contributed by atoms with E-state index in [1.807, 2.05) is 12.1 Å². The van der Waals surface area contributed by atoms with Crippen LogP contribution in [0.25, 0.3) is 0 Å². The molecule has 3 rings (SSSR count). The Morgan fingerprint density at radius 1 is 1.30 bits per heavy atom. The third kappa shape index (κ3) is 7.71. The molecule has 2 saturated heterocycles. The lowest BCUT2D eigenvalue weighted by atomic mass is 9.97. The molecule has 170 valence electrons. The lowest BCUT2D eigenvalue weighted by Gasteiger charge is -2.33. The number of nitrogens with one attached hydrogen (secondary N) is 2. The molecule has 0 aliphatic carbocycles. The molecule has 2 fully saturated rings. The first-order valence-electron chi connectivity index (χ1n) is 11.2. The van der Waals surface area contributed by atoms with E-state index < -0.39 is 0 Å². The van der Waals surface area contributed by atoms with Crippen molar-refractivity contribution in [1.29, 1.82) is 0 Å². The topological polar surface area (TPSA) is 55.8 Å². The maximum absolute atomic E-state index is 6.32. The lowest BCUT2D eigenvalue weighted by molar-refractivity contribution is 0.162. The molecule has 8 heteroatoms. The largest absolute Gasteiger partial charge is 0.357 e. The summed E-state index contributed by atoms with van der Waals surface area (Å²) in [5.41, 5.74) is 0. The van der Waals surface area contributed by atoms with Crippen LogP contribution in [0.3, 0.4) is 0 Å². The molecule has 0 bridgehead atoms. The van der Waals surface area contributed by atoms with E-state index in [4.69, 9.17) is 16.6 Å². The van der Waals surface area contributed by atoms with Gasteiger partial charge in [0, 0.05) is 51.5 Å². The highest BCUT2D eigenvalue weighted by Crippen LogP contribution is 2.25. The maximum atomic E-state index is 6.32. The lowest BCUT2D eigenvalue weighted by Crippen LogP contribution is -2.45. The van der Waals surface area contributed by atoms with Crippen LogP contribution in [0.5, 0.6) is 0 Å². The molecule has 2 N–H and O–H groups in total. The normalized spacial score (nSPS) is 22.8. The van der Waals surface area contributed by atoms with Crippen LogP contribution in [-0.4, -0.2) is 67.7 Å². The van der Waals surface area contributed by atoms with Crippen LogP contribution in [-0.2, 0) is 0 Å². The van der Waals surface area contributed by atoms with Gasteiger partial charge in [-0.2, -0.15) is 0 Å². The zero-order valence-corrected chi connectivity index (χ0v) is 21.7. The van der Waals surface area contributed by atoms with Gasteiger partial charge in [0.1, 0.15) is 5.82 Å². The number of piperidine rings is 1. The van der Waals surface area contributed by atoms with Gasteiger partial charge in [-0.05, 0) is 56.7 Å². The number of hydrogen-bond acceptors (Lipinski definition) is 4. The van der Waals surface area contributed by atoms with Gasteiger partial charge < -0.3 is 20.4 Å². The monoisotopic (exact) mass is 548 g/mol. The Hall–Kier alpha value is -0.800. The van der Waals surface area contributed by atoms with Gasteiger partial charge in [0.2, 0.25) is 0 Å². The van der Waals surface area contributed by atoms with Crippen LogP contribution < -0.4 is 15.5 Å². The predicted molar refractivity (Wildman–Crippen MR) is 138 cm³/mol. The minimum atomic E-state index is 0. The van der Waals surface area contributed by atoms with Crippen molar-refractivity contribution in [3.05, 3.63) is 23.4 Å². The molecule has 30 heavy (non-hydrogen) atoms. The Morgan fingerprint density at radius 2 is 2.13 bits per heavy atom. The van der Waals surface area contributed by atoms with Gasteiger partial charge in [-0.25, -0.2) is 4.98 Å². The minimum Gasteiger partial charge on any atom is -0.357 e. The van der Waals surface area contributed by atoms with Crippen LogP contribution >= 0.6 is 35.6 Å². The number of rotatable bonds is 7. The molecule has 0 spiro atoms. The Kier molecular flexibility index (Phi) is 11.0. The maximum Gasteiger partial charge on any atom is 0.191 e. The first-order chi connectivity index (χ1) is 14.0. The molecule has 3 heterocycles. The Labute approximate surface area is 204 Å². The fourth-order valence-corrected chi connectivity index (χ4v) is 4.64. The fourth-order valence-electron chi connectivity index (χ4n) is 4.40. The number of likely N-dealkylation sites (tertiary alicyclic amines) is 1. The summed E-state index contributed by atoms with van der Waals surface area (Å²) >= 11 is 6.32. The standard InChI is InChI=1S/C22H37ClN6.HI/c1-4-24-22(26-13-18-7-6-11-28(15-18)14-17(2)3)27-19-9-12-29(16-19)21-20(23)8-5-10-25-21;/h5,8,10,17-19H,4,6-7,9,11-16H2,1-3H3,(H2,24,26,27);1H. The summed E-state index contributed by atoms with van der Waals surface area (Å²) in [4.78, 5) is 14.3. The van der Waals surface area contributed by atoms with Crippen molar-refractivity contribution in [2.75, 3.05) is 50.7 Å². The van der Waals surface area contributed by atoms with Crippen LogP contribution in [0.15, 0.2) is 23.3 Å². The summed E-state index contributed by atoms with van der Waals surface area (Å²) in [6.07, 6.45) is 5.44. The van der Waals surface area contributed by atoms with Crippen molar-refractivity contribution >= 4 is 47.4 Å². The summed E-state index contributed by atoms with van der Waals surface area (Å²) in [5, 5.41) is 7.77. The number of anilines is 1. The van der Waals surface area contributed by atoms with Gasteiger partial charge in [0.15, 0.2) is 5.96 Å². The van der Waals surface area contributed by atoms with Gasteiger partial charge in [-0.15, -0.1) is 24.0 Å². The zero-order valence-electron chi connectivity index (χ0n) is 18.6.